The predicted octanol–water partition coefficient (Wildman–Crippen LogP) is 3.52. The third-order valence-corrected chi connectivity index (χ3v) is 5.01. The molecule has 1 aliphatic heterocycles. The third-order valence-electron chi connectivity index (χ3n) is 5.01. The van der Waals surface area contributed by atoms with Crippen molar-refractivity contribution in [3.05, 3.63) is 23.8 Å². The summed E-state index contributed by atoms with van der Waals surface area (Å²) >= 11 is 0. The average molecular weight is 272 g/mol. The first kappa shape index (κ1) is 13.5. The van der Waals surface area contributed by atoms with Crippen LogP contribution in [0.3, 0.4) is 0 Å². The minimum absolute atomic E-state index is 0.169. The van der Waals surface area contributed by atoms with Crippen LogP contribution >= 0.6 is 0 Å². The van der Waals surface area contributed by atoms with Gasteiger partial charge in [-0.05, 0) is 43.4 Å². The maximum atomic E-state index is 13.0. The van der Waals surface area contributed by atoms with E-state index in [1.807, 2.05) is 17.0 Å². The standard InChI is InChI=1S/C17H24N2O/c1-17(10-3-2-4-11-17)16(20)19-12-6-7-13-14(18)8-5-9-15(13)19/h5,8-9H,2-4,6-7,10-12,18H2,1H3. The van der Waals surface area contributed by atoms with Crippen molar-refractivity contribution >= 4 is 17.3 Å². The maximum absolute atomic E-state index is 13.0. The second kappa shape index (κ2) is 5.12. The molecule has 0 unspecified atom stereocenters. The third kappa shape index (κ3) is 2.19. The highest BCUT2D eigenvalue weighted by atomic mass is 16.2. The molecule has 1 aromatic carbocycles. The van der Waals surface area contributed by atoms with E-state index in [-0.39, 0.29) is 5.41 Å². The van der Waals surface area contributed by atoms with Gasteiger partial charge in [0.1, 0.15) is 0 Å². The Hall–Kier alpha value is -1.51. The summed E-state index contributed by atoms with van der Waals surface area (Å²) in [5.74, 6) is 0.309. The van der Waals surface area contributed by atoms with Crippen LogP contribution in [0.15, 0.2) is 18.2 Å². The molecule has 1 heterocycles. The molecule has 2 aliphatic rings. The summed E-state index contributed by atoms with van der Waals surface area (Å²) in [7, 11) is 0. The molecule has 0 radical (unpaired) electrons. The van der Waals surface area contributed by atoms with E-state index >= 15 is 0 Å². The largest absolute Gasteiger partial charge is 0.398 e. The highest BCUT2D eigenvalue weighted by Crippen LogP contribution is 2.40. The summed E-state index contributed by atoms with van der Waals surface area (Å²) in [5, 5.41) is 0. The molecule has 0 spiro atoms. The summed E-state index contributed by atoms with van der Waals surface area (Å²) in [4.78, 5) is 15.0. The number of nitrogen functional groups attached to an aromatic ring is 1. The van der Waals surface area contributed by atoms with Crippen LogP contribution in [-0.4, -0.2) is 12.5 Å². The van der Waals surface area contributed by atoms with Crippen LogP contribution in [0.4, 0.5) is 11.4 Å². The van der Waals surface area contributed by atoms with Gasteiger partial charge in [-0.25, -0.2) is 0 Å². The number of anilines is 2. The van der Waals surface area contributed by atoms with Gasteiger partial charge in [0, 0.05) is 23.3 Å². The van der Waals surface area contributed by atoms with Gasteiger partial charge >= 0.3 is 0 Å². The van der Waals surface area contributed by atoms with Gasteiger partial charge in [-0.1, -0.05) is 32.3 Å². The molecule has 108 valence electrons. The van der Waals surface area contributed by atoms with Gasteiger partial charge in [0.15, 0.2) is 0 Å². The van der Waals surface area contributed by atoms with Crippen molar-refractivity contribution in [2.75, 3.05) is 17.2 Å². The molecule has 20 heavy (non-hydrogen) atoms. The summed E-state index contributed by atoms with van der Waals surface area (Å²) in [6.45, 7) is 2.99. The van der Waals surface area contributed by atoms with Gasteiger partial charge in [-0.2, -0.15) is 0 Å². The SMILES string of the molecule is CC1(C(=O)N2CCCc3c(N)cccc32)CCCCC1. The van der Waals surface area contributed by atoms with E-state index in [0.717, 1.165) is 49.2 Å². The van der Waals surface area contributed by atoms with E-state index in [1.165, 1.54) is 19.3 Å². The lowest BCUT2D eigenvalue weighted by atomic mass is 9.74. The minimum atomic E-state index is -0.169. The molecule has 3 rings (SSSR count). The minimum Gasteiger partial charge on any atom is -0.398 e. The van der Waals surface area contributed by atoms with Crippen LogP contribution < -0.4 is 10.6 Å². The zero-order valence-corrected chi connectivity index (χ0v) is 12.3. The molecular weight excluding hydrogens is 248 g/mol. The van der Waals surface area contributed by atoms with Gasteiger partial charge in [-0.3, -0.25) is 4.79 Å². The monoisotopic (exact) mass is 272 g/mol. The van der Waals surface area contributed by atoms with E-state index in [4.69, 9.17) is 5.73 Å². The molecule has 1 aromatic rings. The number of nitrogens with two attached hydrogens (primary N) is 1. The Morgan fingerprint density at radius 3 is 2.70 bits per heavy atom. The molecule has 3 nitrogen and oxygen atoms in total. The van der Waals surface area contributed by atoms with E-state index in [1.54, 1.807) is 0 Å². The normalized spacial score (nSPS) is 21.4. The number of hydrogen-bond acceptors (Lipinski definition) is 2. The topological polar surface area (TPSA) is 46.3 Å². The fraction of sp³-hybridized carbons (Fsp3) is 0.588. The van der Waals surface area contributed by atoms with Crippen molar-refractivity contribution in [3.63, 3.8) is 0 Å². The van der Waals surface area contributed by atoms with Crippen LogP contribution in [0.5, 0.6) is 0 Å². The lowest BCUT2D eigenvalue weighted by Gasteiger charge is -2.39. The molecule has 2 N–H and O–H groups in total. The molecule has 3 heteroatoms. The van der Waals surface area contributed by atoms with E-state index in [9.17, 15) is 4.79 Å². The summed E-state index contributed by atoms with van der Waals surface area (Å²) in [5.41, 5.74) is 8.94. The fourth-order valence-corrected chi connectivity index (χ4v) is 3.73. The van der Waals surface area contributed by atoms with Crippen molar-refractivity contribution in [3.8, 4) is 0 Å². The molecule has 0 aromatic heterocycles. The predicted molar refractivity (Wildman–Crippen MR) is 82.7 cm³/mol. The summed E-state index contributed by atoms with van der Waals surface area (Å²) in [6.07, 6.45) is 7.69. The zero-order valence-electron chi connectivity index (χ0n) is 12.3. The van der Waals surface area contributed by atoms with Gasteiger partial charge in [0.25, 0.3) is 0 Å². The van der Waals surface area contributed by atoms with Crippen LogP contribution in [0.25, 0.3) is 0 Å². The number of hydrogen-bond donors (Lipinski definition) is 1. The maximum Gasteiger partial charge on any atom is 0.232 e. The summed E-state index contributed by atoms with van der Waals surface area (Å²) in [6, 6.07) is 5.95. The lowest BCUT2D eigenvalue weighted by Crippen LogP contribution is -2.45. The van der Waals surface area contributed by atoms with Crippen molar-refractivity contribution in [1.82, 2.24) is 0 Å². The summed E-state index contributed by atoms with van der Waals surface area (Å²) < 4.78 is 0. The Kier molecular flexibility index (Phi) is 3.45. The highest BCUT2D eigenvalue weighted by Gasteiger charge is 2.39. The van der Waals surface area contributed by atoms with Crippen molar-refractivity contribution in [1.29, 1.82) is 0 Å². The Labute approximate surface area is 121 Å². The van der Waals surface area contributed by atoms with Gasteiger partial charge in [0.2, 0.25) is 5.91 Å². The van der Waals surface area contributed by atoms with Crippen molar-refractivity contribution < 1.29 is 4.79 Å². The van der Waals surface area contributed by atoms with Gasteiger partial charge in [0.05, 0.1) is 0 Å². The van der Waals surface area contributed by atoms with E-state index in [0.29, 0.717) is 5.91 Å². The second-order valence-corrected chi connectivity index (χ2v) is 6.53. The number of fused-ring (bicyclic) bond motifs is 1. The van der Waals surface area contributed by atoms with Gasteiger partial charge in [-0.15, -0.1) is 0 Å². The number of rotatable bonds is 1. The molecule has 0 bridgehead atoms. The highest BCUT2D eigenvalue weighted by molar-refractivity contribution is 5.99. The molecule has 1 amide bonds. The van der Waals surface area contributed by atoms with Crippen LogP contribution in [0, 0.1) is 5.41 Å². The Morgan fingerprint density at radius 1 is 1.20 bits per heavy atom. The first-order chi connectivity index (χ1) is 9.62. The molecule has 0 saturated heterocycles. The average Bonchev–Trinajstić information content (AvgIpc) is 2.47. The quantitative estimate of drug-likeness (QED) is 0.795. The Balaban J connectivity index is 1.92. The Morgan fingerprint density at radius 2 is 1.95 bits per heavy atom. The van der Waals surface area contributed by atoms with Gasteiger partial charge < -0.3 is 10.6 Å². The fourth-order valence-electron chi connectivity index (χ4n) is 3.73. The number of nitrogens with zero attached hydrogens (tertiary/aromatic N) is 1. The smallest absolute Gasteiger partial charge is 0.232 e. The number of carbonyl (C=O) groups excluding carboxylic acids is 1. The Bertz CT molecular complexity index is 518. The number of carbonyl (C=O) groups is 1. The van der Waals surface area contributed by atoms with E-state index < -0.39 is 0 Å². The second-order valence-electron chi connectivity index (χ2n) is 6.53. The zero-order chi connectivity index (χ0) is 14.2. The molecule has 1 aliphatic carbocycles. The number of benzene rings is 1. The van der Waals surface area contributed by atoms with Crippen LogP contribution in [0.2, 0.25) is 0 Å². The van der Waals surface area contributed by atoms with Crippen LogP contribution in [-0.2, 0) is 11.2 Å². The van der Waals surface area contributed by atoms with Crippen molar-refractivity contribution in [2.24, 2.45) is 5.41 Å². The number of amides is 1. The molecule has 1 saturated carbocycles. The van der Waals surface area contributed by atoms with Crippen molar-refractivity contribution in [2.45, 2.75) is 51.9 Å². The molecule has 0 atom stereocenters. The van der Waals surface area contributed by atoms with Crippen LogP contribution in [0.1, 0.15) is 51.0 Å². The molecular formula is C17H24N2O. The first-order valence-electron chi connectivity index (χ1n) is 7.81. The lowest BCUT2D eigenvalue weighted by molar-refractivity contribution is -0.129. The van der Waals surface area contributed by atoms with E-state index in [2.05, 4.69) is 13.0 Å². The first-order valence-corrected chi connectivity index (χ1v) is 7.81. The molecule has 1 fully saturated rings.